The molecule has 146 valence electrons. The van der Waals surface area contributed by atoms with Crippen molar-refractivity contribution in [3.63, 3.8) is 0 Å². The van der Waals surface area contributed by atoms with E-state index in [1.807, 2.05) is 19.1 Å². The van der Waals surface area contributed by atoms with Crippen LogP contribution in [0.1, 0.15) is 25.8 Å². The smallest absolute Gasteiger partial charge is 0.293 e. The van der Waals surface area contributed by atoms with Gasteiger partial charge in [0.05, 0.1) is 10.4 Å². The van der Waals surface area contributed by atoms with Crippen molar-refractivity contribution in [3.05, 3.63) is 52.3 Å². The molecule has 3 rings (SSSR count). The van der Waals surface area contributed by atoms with E-state index < -0.39 is 4.92 Å². The van der Waals surface area contributed by atoms with E-state index in [1.165, 1.54) is 6.07 Å². The summed E-state index contributed by atoms with van der Waals surface area (Å²) in [5.41, 5.74) is 2.11. The maximum atomic E-state index is 11.5. The van der Waals surface area contributed by atoms with E-state index in [9.17, 15) is 10.1 Å². The summed E-state index contributed by atoms with van der Waals surface area (Å²) in [6.07, 6.45) is 4.37. The predicted octanol–water partition coefficient (Wildman–Crippen LogP) is 3.80. The molecule has 0 fully saturated rings. The number of nitro benzene ring substituents is 1. The third-order valence-electron chi connectivity index (χ3n) is 4.12. The molecule has 2 aromatic heterocycles. The first-order chi connectivity index (χ1) is 13.6. The van der Waals surface area contributed by atoms with Gasteiger partial charge in [0.1, 0.15) is 11.5 Å². The highest BCUT2D eigenvalue weighted by Crippen LogP contribution is 2.33. The molecular weight excluding hydrogens is 358 g/mol. The fourth-order valence-electron chi connectivity index (χ4n) is 2.78. The van der Waals surface area contributed by atoms with Crippen LogP contribution in [0.15, 0.2) is 36.7 Å². The lowest BCUT2D eigenvalue weighted by Crippen LogP contribution is -2.09. The average Bonchev–Trinajstić information content (AvgIpc) is 2.70. The third-order valence-corrected chi connectivity index (χ3v) is 4.12. The van der Waals surface area contributed by atoms with E-state index in [4.69, 9.17) is 0 Å². The number of nitro groups is 1. The molecule has 28 heavy (non-hydrogen) atoms. The molecule has 0 saturated heterocycles. The van der Waals surface area contributed by atoms with Crippen molar-refractivity contribution >= 4 is 34.0 Å². The highest BCUT2D eigenvalue weighted by Gasteiger charge is 2.18. The van der Waals surface area contributed by atoms with E-state index in [1.54, 1.807) is 18.5 Å². The third kappa shape index (κ3) is 4.43. The van der Waals surface area contributed by atoms with E-state index >= 15 is 0 Å². The molecule has 9 heteroatoms. The Morgan fingerprint density at radius 3 is 2.54 bits per heavy atom. The molecule has 0 aliphatic heterocycles. The second-order valence-corrected chi connectivity index (χ2v) is 6.21. The number of benzene rings is 1. The van der Waals surface area contributed by atoms with Crippen LogP contribution < -0.4 is 16.0 Å². The number of fused-ring (bicyclic) bond motifs is 1. The molecule has 0 atom stereocenters. The first kappa shape index (κ1) is 19.3. The number of hydrogen-bond acceptors (Lipinski definition) is 8. The molecule has 0 saturated carbocycles. The molecule has 3 N–H and O–H groups in total. The lowest BCUT2D eigenvalue weighted by Gasteiger charge is -2.13. The van der Waals surface area contributed by atoms with Crippen LogP contribution in [0, 0.1) is 10.1 Å². The van der Waals surface area contributed by atoms with Crippen LogP contribution in [0.5, 0.6) is 0 Å². The van der Waals surface area contributed by atoms with Gasteiger partial charge in [0.15, 0.2) is 0 Å². The molecule has 0 spiro atoms. The predicted molar refractivity (Wildman–Crippen MR) is 111 cm³/mol. The first-order valence-electron chi connectivity index (χ1n) is 9.23. The van der Waals surface area contributed by atoms with Crippen molar-refractivity contribution < 1.29 is 4.92 Å². The number of hydrogen-bond donors (Lipinski definition) is 3. The summed E-state index contributed by atoms with van der Waals surface area (Å²) in [7, 11) is 0. The average molecular weight is 381 g/mol. The maximum Gasteiger partial charge on any atom is 0.293 e. The van der Waals surface area contributed by atoms with Crippen molar-refractivity contribution in [1.82, 2.24) is 15.0 Å². The summed E-state index contributed by atoms with van der Waals surface area (Å²) in [6.45, 7) is 5.78. The lowest BCUT2D eigenvalue weighted by atomic mass is 10.1. The maximum absolute atomic E-state index is 11.5. The van der Waals surface area contributed by atoms with E-state index in [0.717, 1.165) is 18.5 Å². The van der Waals surface area contributed by atoms with Crippen LogP contribution in [0.25, 0.3) is 10.9 Å². The molecule has 0 radical (unpaired) electrons. The molecule has 0 amide bonds. The van der Waals surface area contributed by atoms with Gasteiger partial charge < -0.3 is 16.0 Å². The molecule has 0 unspecified atom stereocenters. The minimum atomic E-state index is -0.396. The van der Waals surface area contributed by atoms with Crippen LogP contribution in [0.2, 0.25) is 0 Å². The minimum absolute atomic E-state index is 0.000761. The molecule has 0 aliphatic carbocycles. The van der Waals surface area contributed by atoms with Gasteiger partial charge in [-0.25, -0.2) is 4.98 Å². The van der Waals surface area contributed by atoms with Gasteiger partial charge in [0.25, 0.3) is 5.69 Å². The fraction of sp³-hybridized carbons (Fsp3) is 0.316. The number of rotatable bonds is 9. The standard InChI is InChI=1S/C19H23N7O2/c1-3-7-22-19-24-15-11-16(21-4-2)17(26(27)28)10-14(15)18(25-19)23-12-13-5-8-20-9-6-13/h5-6,8-11,21H,3-4,7,12H2,1-2H3,(H2,22,23,24,25). The van der Waals surface area contributed by atoms with Crippen molar-refractivity contribution in [1.29, 1.82) is 0 Å². The van der Waals surface area contributed by atoms with Gasteiger partial charge in [0, 0.05) is 43.5 Å². The lowest BCUT2D eigenvalue weighted by molar-refractivity contribution is -0.383. The number of anilines is 3. The van der Waals surface area contributed by atoms with Crippen LogP contribution in [-0.4, -0.2) is 33.0 Å². The molecule has 2 heterocycles. The Labute approximate surface area is 162 Å². The molecule has 3 aromatic rings. The Morgan fingerprint density at radius 2 is 1.86 bits per heavy atom. The molecular formula is C19H23N7O2. The monoisotopic (exact) mass is 381 g/mol. The van der Waals surface area contributed by atoms with E-state index in [-0.39, 0.29) is 5.69 Å². The fourth-order valence-corrected chi connectivity index (χ4v) is 2.78. The SMILES string of the molecule is CCCNc1nc(NCc2ccncc2)c2cc([N+](=O)[O-])c(NCC)cc2n1. The number of nitrogens with zero attached hydrogens (tertiary/aromatic N) is 4. The summed E-state index contributed by atoms with van der Waals surface area (Å²) >= 11 is 0. The number of aromatic nitrogens is 3. The Balaban J connectivity index is 2.06. The van der Waals surface area contributed by atoms with Crippen molar-refractivity contribution in [2.75, 3.05) is 29.0 Å². The first-order valence-corrected chi connectivity index (χ1v) is 9.23. The van der Waals surface area contributed by atoms with Gasteiger partial charge in [0.2, 0.25) is 5.95 Å². The van der Waals surface area contributed by atoms with Gasteiger partial charge in [-0.05, 0) is 37.1 Å². The Morgan fingerprint density at radius 1 is 1.07 bits per heavy atom. The molecule has 9 nitrogen and oxygen atoms in total. The zero-order valence-corrected chi connectivity index (χ0v) is 15.9. The molecule has 1 aromatic carbocycles. The number of pyridine rings is 1. The van der Waals surface area contributed by atoms with Crippen LogP contribution in [0.4, 0.5) is 23.1 Å². The topological polar surface area (TPSA) is 118 Å². The summed E-state index contributed by atoms with van der Waals surface area (Å²) in [4.78, 5) is 24.2. The quantitative estimate of drug-likeness (QED) is 0.378. The van der Waals surface area contributed by atoms with Gasteiger partial charge in [-0.2, -0.15) is 4.98 Å². The Bertz CT molecular complexity index is 963. The minimum Gasteiger partial charge on any atom is -0.380 e. The van der Waals surface area contributed by atoms with Gasteiger partial charge in [-0.1, -0.05) is 6.92 Å². The zero-order valence-electron chi connectivity index (χ0n) is 15.9. The van der Waals surface area contributed by atoms with Crippen LogP contribution in [-0.2, 0) is 6.54 Å². The summed E-state index contributed by atoms with van der Waals surface area (Å²) in [5.74, 6) is 1.04. The summed E-state index contributed by atoms with van der Waals surface area (Å²) in [6, 6.07) is 7.02. The van der Waals surface area contributed by atoms with Crippen LogP contribution >= 0.6 is 0 Å². The highest BCUT2D eigenvalue weighted by atomic mass is 16.6. The second kappa shape index (κ2) is 8.94. The number of nitrogens with one attached hydrogen (secondary N) is 3. The summed E-state index contributed by atoms with van der Waals surface area (Å²) in [5, 5.41) is 21.6. The zero-order chi connectivity index (χ0) is 19.9. The van der Waals surface area contributed by atoms with Gasteiger partial charge >= 0.3 is 0 Å². The molecule has 0 aliphatic rings. The normalized spacial score (nSPS) is 10.6. The van der Waals surface area contributed by atoms with Crippen molar-refractivity contribution in [2.45, 2.75) is 26.8 Å². The van der Waals surface area contributed by atoms with Crippen molar-refractivity contribution in [2.24, 2.45) is 0 Å². The Hall–Kier alpha value is -3.49. The van der Waals surface area contributed by atoms with E-state index in [2.05, 4.69) is 37.8 Å². The Kier molecular flexibility index (Phi) is 6.15. The van der Waals surface area contributed by atoms with Gasteiger partial charge in [-0.15, -0.1) is 0 Å². The largest absolute Gasteiger partial charge is 0.380 e. The highest BCUT2D eigenvalue weighted by molar-refractivity contribution is 5.95. The van der Waals surface area contributed by atoms with Crippen LogP contribution in [0.3, 0.4) is 0 Å². The van der Waals surface area contributed by atoms with Crippen molar-refractivity contribution in [3.8, 4) is 0 Å². The van der Waals surface area contributed by atoms with Gasteiger partial charge in [-0.3, -0.25) is 15.1 Å². The molecule has 0 bridgehead atoms. The summed E-state index contributed by atoms with van der Waals surface area (Å²) < 4.78 is 0. The second-order valence-electron chi connectivity index (χ2n) is 6.21. The van der Waals surface area contributed by atoms with E-state index in [0.29, 0.717) is 41.4 Å².